The molecule has 3 rings (SSSR count). The summed E-state index contributed by atoms with van der Waals surface area (Å²) in [7, 11) is 0. The van der Waals surface area contributed by atoms with Crippen LogP contribution in [-0.2, 0) is 9.47 Å². The molecule has 0 unspecified atom stereocenters. The number of halogens is 1. The summed E-state index contributed by atoms with van der Waals surface area (Å²) < 4.78 is 32.6. The first kappa shape index (κ1) is 32.5. The number of ether oxygens (including phenoxy) is 3. The van der Waals surface area contributed by atoms with Gasteiger partial charge < -0.3 is 14.2 Å². The third-order valence-electron chi connectivity index (χ3n) is 7.97. The Bertz CT molecular complexity index is 911. The molecule has 4 nitrogen and oxygen atoms in total. The molecule has 1 aromatic heterocycles. The first-order chi connectivity index (χ1) is 19.7. The fourth-order valence-electron chi connectivity index (χ4n) is 5.39. The van der Waals surface area contributed by atoms with Crippen molar-refractivity contribution >= 4 is 0 Å². The molecule has 0 bridgehead atoms. The highest BCUT2D eigenvalue weighted by Crippen LogP contribution is 2.30. The monoisotopic (exact) mass is 555 g/mol. The molecule has 1 saturated heterocycles. The zero-order valence-corrected chi connectivity index (χ0v) is 25.3. The molecule has 1 aromatic carbocycles. The SMILES string of the molecule is CCCCCCCCCCCC[C@H]1CO[C@H](c2ccc(-c3ccc(OCCCCCCCC)cc3F)nc2)OC1. The van der Waals surface area contributed by atoms with Crippen LogP contribution in [0.2, 0.25) is 0 Å². The highest BCUT2D eigenvalue weighted by Gasteiger charge is 2.23. The number of aromatic nitrogens is 1. The van der Waals surface area contributed by atoms with Crippen molar-refractivity contribution in [3.05, 3.63) is 47.9 Å². The molecule has 0 N–H and O–H groups in total. The van der Waals surface area contributed by atoms with E-state index in [0.29, 0.717) is 29.5 Å². The second-order valence-electron chi connectivity index (χ2n) is 11.6. The largest absolute Gasteiger partial charge is 0.493 e. The van der Waals surface area contributed by atoms with E-state index in [0.717, 1.165) is 31.6 Å². The fraction of sp³-hybridized carbons (Fsp3) is 0.686. The molecular weight excluding hydrogens is 501 g/mol. The Kier molecular flexibility index (Phi) is 16.3. The van der Waals surface area contributed by atoms with Gasteiger partial charge in [-0.05, 0) is 31.0 Å². The molecule has 224 valence electrons. The molecule has 0 spiro atoms. The van der Waals surface area contributed by atoms with Gasteiger partial charge in [-0.25, -0.2) is 4.39 Å². The summed E-state index contributed by atoms with van der Waals surface area (Å²) in [5, 5.41) is 0. The highest BCUT2D eigenvalue weighted by atomic mass is 19.1. The third-order valence-corrected chi connectivity index (χ3v) is 7.97. The van der Waals surface area contributed by atoms with Crippen LogP contribution in [0.25, 0.3) is 11.3 Å². The zero-order chi connectivity index (χ0) is 28.3. The summed E-state index contributed by atoms with van der Waals surface area (Å²) in [6.07, 6.45) is 23.3. The first-order valence-corrected chi connectivity index (χ1v) is 16.3. The molecule has 2 aromatic rings. The minimum absolute atomic E-state index is 0.319. The summed E-state index contributed by atoms with van der Waals surface area (Å²) in [5.41, 5.74) is 1.94. The van der Waals surface area contributed by atoms with E-state index in [9.17, 15) is 4.39 Å². The molecule has 1 aliphatic rings. The number of pyridine rings is 1. The van der Waals surface area contributed by atoms with Gasteiger partial charge in [0, 0.05) is 29.3 Å². The van der Waals surface area contributed by atoms with Crippen molar-refractivity contribution in [3.63, 3.8) is 0 Å². The first-order valence-electron chi connectivity index (χ1n) is 16.3. The van der Waals surface area contributed by atoms with E-state index in [1.54, 1.807) is 12.3 Å². The van der Waals surface area contributed by atoms with Gasteiger partial charge in [-0.15, -0.1) is 0 Å². The fourth-order valence-corrected chi connectivity index (χ4v) is 5.39. The average Bonchev–Trinajstić information content (AvgIpc) is 2.98. The van der Waals surface area contributed by atoms with Crippen LogP contribution in [0.1, 0.15) is 135 Å². The third kappa shape index (κ3) is 12.3. The maximum Gasteiger partial charge on any atom is 0.185 e. The van der Waals surface area contributed by atoms with Gasteiger partial charge in [0.2, 0.25) is 0 Å². The highest BCUT2D eigenvalue weighted by molar-refractivity contribution is 5.61. The van der Waals surface area contributed by atoms with E-state index >= 15 is 0 Å². The summed E-state index contributed by atoms with van der Waals surface area (Å²) in [6.45, 7) is 6.56. The minimum atomic E-state index is -0.395. The Labute approximate surface area is 243 Å². The van der Waals surface area contributed by atoms with Crippen LogP contribution in [0, 0.1) is 11.7 Å². The predicted molar refractivity (Wildman–Crippen MR) is 163 cm³/mol. The summed E-state index contributed by atoms with van der Waals surface area (Å²) in [6, 6.07) is 8.81. The topological polar surface area (TPSA) is 40.6 Å². The van der Waals surface area contributed by atoms with Crippen LogP contribution in [-0.4, -0.2) is 24.8 Å². The molecule has 0 aliphatic carbocycles. The Morgan fingerprint density at radius 3 is 1.93 bits per heavy atom. The lowest BCUT2D eigenvalue weighted by Crippen LogP contribution is -2.27. The Balaban J connectivity index is 1.31. The maximum absolute atomic E-state index is 14.8. The van der Waals surface area contributed by atoms with Crippen LogP contribution in [0.15, 0.2) is 36.5 Å². The smallest absolute Gasteiger partial charge is 0.185 e. The van der Waals surface area contributed by atoms with E-state index < -0.39 is 6.29 Å². The van der Waals surface area contributed by atoms with E-state index in [4.69, 9.17) is 14.2 Å². The van der Waals surface area contributed by atoms with Crippen molar-refractivity contribution in [1.82, 2.24) is 4.98 Å². The summed E-state index contributed by atoms with van der Waals surface area (Å²) >= 11 is 0. The summed E-state index contributed by atoms with van der Waals surface area (Å²) in [5.74, 6) is 0.719. The standard InChI is InChI=1S/C35H54FNO3/c1-3-5-7-9-11-12-13-14-15-17-19-29-27-39-35(40-28-29)30-20-23-34(37-26-30)32-22-21-31(25-33(32)36)38-24-18-16-10-8-6-4-2/h20-23,25-26,29,35H,3-19,24,27-28H2,1-2H3/t29-,35-. The molecule has 1 aliphatic heterocycles. The Morgan fingerprint density at radius 2 is 1.35 bits per heavy atom. The van der Waals surface area contributed by atoms with Crippen molar-refractivity contribution in [2.24, 2.45) is 5.92 Å². The van der Waals surface area contributed by atoms with Crippen LogP contribution in [0.4, 0.5) is 4.39 Å². The average molecular weight is 556 g/mol. The predicted octanol–water partition coefficient (Wildman–Crippen LogP) is 10.6. The van der Waals surface area contributed by atoms with E-state index in [1.165, 1.54) is 102 Å². The lowest BCUT2D eigenvalue weighted by atomic mass is 10.0. The van der Waals surface area contributed by atoms with Crippen LogP contribution in [0.3, 0.4) is 0 Å². The maximum atomic E-state index is 14.8. The van der Waals surface area contributed by atoms with Crippen LogP contribution in [0.5, 0.6) is 5.75 Å². The van der Waals surface area contributed by atoms with Crippen molar-refractivity contribution in [1.29, 1.82) is 0 Å². The number of unbranched alkanes of at least 4 members (excludes halogenated alkanes) is 14. The number of nitrogens with zero attached hydrogens (tertiary/aromatic N) is 1. The number of rotatable bonds is 21. The van der Waals surface area contributed by atoms with Crippen LogP contribution >= 0.6 is 0 Å². The van der Waals surface area contributed by atoms with Gasteiger partial charge in [0.05, 0.1) is 25.5 Å². The number of benzene rings is 1. The second-order valence-corrected chi connectivity index (χ2v) is 11.6. The van der Waals surface area contributed by atoms with Gasteiger partial charge in [0.25, 0.3) is 0 Å². The van der Waals surface area contributed by atoms with Gasteiger partial charge in [-0.2, -0.15) is 0 Å². The molecule has 0 atom stereocenters. The van der Waals surface area contributed by atoms with Gasteiger partial charge in [0.1, 0.15) is 11.6 Å². The van der Waals surface area contributed by atoms with Gasteiger partial charge >= 0.3 is 0 Å². The number of hydrogen-bond acceptors (Lipinski definition) is 4. The van der Waals surface area contributed by atoms with Crippen molar-refractivity contribution in [2.45, 2.75) is 129 Å². The van der Waals surface area contributed by atoms with Gasteiger partial charge in [-0.3, -0.25) is 4.98 Å². The van der Waals surface area contributed by atoms with Crippen molar-refractivity contribution in [2.75, 3.05) is 19.8 Å². The van der Waals surface area contributed by atoms with Crippen molar-refractivity contribution in [3.8, 4) is 17.0 Å². The summed E-state index contributed by atoms with van der Waals surface area (Å²) in [4.78, 5) is 4.51. The molecule has 0 saturated carbocycles. The molecule has 1 fully saturated rings. The lowest BCUT2D eigenvalue weighted by Gasteiger charge is -2.29. The normalized spacial score (nSPS) is 17.3. The van der Waals surface area contributed by atoms with E-state index in [2.05, 4.69) is 18.8 Å². The molecule has 2 heterocycles. The molecular formula is C35H54FNO3. The van der Waals surface area contributed by atoms with E-state index in [1.807, 2.05) is 18.2 Å². The van der Waals surface area contributed by atoms with Gasteiger partial charge in [0.15, 0.2) is 6.29 Å². The molecule has 0 radical (unpaired) electrons. The van der Waals surface area contributed by atoms with Gasteiger partial charge in [-0.1, -0.05) is 116 Å². The lowest BCUT2D eigenvalue weighted by molar-refractivity contribution is -0.206. The Morgan fingerprint density at radius 1 is 0.750 bits per heavy atom. The molecule has 40 heavy (non-hydrogen) atoms. The Hall–Kier alpha value is -1.98. The molecule has 5 heteroatoms. The number of hydrogen-bond donors (Lipinski definition) is 0. The van der Waals surface area contributed by atoms with Crippen molar-refractivity contribution < 1.29 is 18.6 Å². The van der Waals surface area contributed by atoms with Crippen LogP contribution < -0.4 is 4.74 Å². The second kappa shape index (κ2) is 20.0. The zero-order valence-electron chi connectivity index (χ0n) is 25.3. The quantitative estimate of drug-likeness (QED) is 0.144. The molecule has 0 amide bonds. The van der Waals surface area contributed by atoms with E-state index in [-0.39, 0.29) is 5.82 Å². The minimum Gasteiger partial charge on any atom is -0.493 e.